The van der Waals surface area contributed by atoms with Gasteiger partial charge in [-0.05, 0) is 50.4 Å². The fraction of sp³-hybridized carbons (Fsp3) is 0.933. The molecule has 0 aromatic heterocycles. The summed E-state index contributed by atoms with van der Waals surface area (Å²) < 4.78 is 0. The highest BCUT2D eigenvalue weighted by Gasteiger charge is 2.45. The Kier molecular flexibility index (Phi) is 2.92. The summed E-state index contributed by atoms with van der Waals surface area (Å²) in [6.45, 7) is 4.68. The van der Waals surface area contributed by atoms with Gasteiger partial charge < -0.3 is 4.90 Å². The smallest absolute Gasteiger partial charge is 0.226 e. The molecule has 2 saturated heterocycles. The van der Waals surface area contributed by atoms with Gasteiger partial charge in [0, 0.05) is 18.0 Å². The molecule has 1 aliphatic carbocycles. The van der Waals surface area contributed by atoms with Crippen LogP contribution in [0.3, 0.4) is 0 Å². The number of carbonyl (C=O) groups excluding carboxylic acids is 1. The largest absolute Gasteiger partial charge is 0.336 e. The predicted molar refractivity (Wildman–Crippen MR) is 68.6 cm³/mol. The second kappa shape index (κ2) is 4.29. The van der Waals surface area contributed by atoms with E-state index in [2.05, 4.69) is 18.7 Å². The number of hydrogen-bond donors (Lipinski definition) is 0. The van der Waals surface area contributed by atoms with Crippen molar-refractivity contribution in [2.75, 3.05) is 0 Å². The number of hydrogen-bond acceptors (Lipinski definition) is 1. The van der Waals surface area contributed by atoms with E-state index in [0.29, 0.717) is 23.9 Å². The third-order valence-corrected chi connectivity index (χ3v) is 5.42. The van der Waals surface area contributed by atoms with Gasteiger partial charge in [-0.2, -0.15) is 0 Å². The Balaban J connectivity index is 1.70. The SMILES string of the molecule is CC(C)C1CC2CCC(C1)N2C(=O)C1CCC1. The summed E-state index contributed by atoms with van der Waals surface area (Å²) in [6, 6.07) is 1.18. The average molecular weight is 235 g/mol. The topological polar surface area (TPSA) is 20.3 Å². The van der Waals surface area contributed by atoms with Crippen LogP contribution in [-0.4, -0.2) is 22.9 Å². The predicted octanol–water partition coefficient (Wildman–Crippen LogP) is 3.21. The highest BCUT2D eigenvalue weighted by atomic mass is 16.2. The Morgan fingerprint density at radius 1 is 1.06 bits per heavy atom. The van der Waals surface area contributed by atoms with Crippen LogP contribution < -0.4 is 0 Å². The summed E-state index contributed by atoms with van der Waals surface area (Å²) in [5.41, 5.74) is 0. The summed E-state index contributed by atoms with van der Waals surface area (Å²) in [4.78, 5) is 14.8. The molecule has 17 heavy (non-hydrogen) atoms. The fourth-order valence-corrected chi connectivity index (χ4v) is 3.99. The Bertz CT molecular complexity index is 294. The summed E-state index contributed by atoms with van der Waals surface area (Å²) in [5.74, 6) is 2.55. The van der Waals surface area contributed by atoms with E-state index in [9.17, 15) is 4.79 Å². The molecule has 2 aliphatic heterocycles. The first-order valence-electron chi connectivity index (χ1n) is 7.49. The minimum absolute atomic E-state index is 0.397. The van der Waals surface area contributed by atoms with Crippen LogP contribution in [0, 0.1) is 17.8 Å². The van der Waals surface area contributed by atoms with Gasteiger partial charge in [-0.15, -0.1) is 0 Å². The molecule has 0 N–H and O–H groups in total. The molecule has 2 heteroatoms. The molecule has 3 rings (SSSR count). The van der Waals surface area contributed by atoms with Crippen LogP contribution in [0.5, 0.6) is 0 Å². The van der Waals surface area contributed by atoms with E-state index in [1.54, 1.807) is 0 Å². The lowest BCUT2D eigenvalue weighted by Crippen LogP contribution is -2.50. The van der Waals surface area contributed by atoms with Crippen LogP contribution in [0.15, 0.2) is 0 Å². The van der Waals surface area contributed by atoms with Crippen LogP contribution in [-0.2, 0) is 4.79 Å². The van der Waals surface area contributed by atoms with Crippen LogP contribution in [0.2, 0.25) is 0 Å². The van der Waals surface area contributed by atoms with Gasteiger partial charge in [-0.25, -0.2) is 0 Å². The lowest BCUT2D eigenvalue weighted by atomic mass is 9.80. The Hall–Kier alpha value is -0.530. The first-order chi connectivity index (χ1) is 8.16. The molecular weight excluding hydrogens is 210 g/mol. The van der Waals surface area contributed by atoms with Crippen molar-refractivity contribution >= 4 is 5.91 Å². The van der Waals surface area contributed by atoms with Gasteiger partial charge in [0.15, 0.2) is 0 Å². The first-order valence-corrected chi connectivity index (χ1v) is 7.49. The normalized spacial score (nSPS) is 37.4. The summed E-state index contributed by atoms with van der Waals surface area (Å²) in [6.07, 6.45) is 8.66. The summed E-state index contributed by atoms with van der Waals surface area (Å²) >= 11 is 0. The lowest BCUT2D eigenvalue weighted by molar-refractivity contribution is -0.143. The number of piperidine rings is 1. The minimum atomic E-state index is 0.397. The fourth-order valence-electron chi connectivity index (χ4n) is 3.99. The highest BCUT2D eigenvalue weighted by molar-refractivity contribution is 5.80. The molecule has 3 fully saturated rings. The molecule has 0 radical (unpaired) electrons. The second-order valence-corrected chi connectivity index (χ2v) is 6.73. The van der Waals surface area contributed by atoms with Gasteiger partial charge in [0.05, 0.1) is 0 Å². The molecule has 3 aliphatic rings. The monoisotopic (exact) mass is 235 g/mol. The van der Waals surface area contributed by atoms with E-state index < -0.39 is 0 Å². The van der Waals surface area contributed by atoms with E-state index in [1.807, 2.05) is 0 Å². The Labute approximate surface area is 105 Å². The zero-order valence-electron chi connectivity index (χ0n) is 11.2. The molecule has 96 valence electrons. The third-order valence-electron chi connectivity index (χ3n) is 5.42. The van der Waals surface area contributed by atoms with Crippen LogP contribution in [0.1, 0.15) is 58.8 Å². The van der Waals surface area contributed by atoms with Crippen LogP contribution in [0.25, 0.3) is 0 Å². The number of fused-ring (bicyclic) bond motifs is 2. The maximum absolute atomic E-state index is 12.4. The number of carbonyl (C=O) groups is 1. The van der Waals surface area contributed by atoms with E-state index in [-0.39, 0.29) is 0 Å². The van der Waals surface area contributed by atoms with E-state index in [0.717, 1.165) is 24.7 Å². The van der Waals surface area contributed by atoms with Gasteiger partial charge >= 0.3 is 0 Å². The van der Waals surface area contributed by atoms with Crippen molar-refractivity contribution < 1.29 is 4.79 Å². The maximum atomic E-state index is 12.4. The summed E-state index contributed by atoms with van der Waals surface area (Å²) in [7, 11) is 0. The standard InChI is InChI=1S/C15H25NO/c1-10(2)12-8-13-6-7-14(9-12)16(13)15(17)11-4-3-5-11/h10-14H,3-9H2,1-2H3. The van der Waals surface area contributed by atoms with Gasteiger partial charge in [0.2, 0.25) is 5.91 Å². The van der Waals surface area contributed by atoms with Crippen molar-refractivity contribution in [3.8, 4) is 0 Å². The molecule has 2 nitrogen and oxygen atoms in total. The quantitative estimate of drug-likeness (QED) is 0.719. The van der Waals surface area contributed by atoms with Gasteiger partial charge in [-0.3, -0.25) is 4.79 Å². The van der Waals surface area contributed by atoms with Gasteiger partial charge in [0.25, 0.3) is 0 Å². The minimum Gasteiger partial charge on any atom is -0.336 e. The number of amides is 1. The third kappa shape index (κ3) is 1.90. The Morgan fingerprint density at radius 3 is 2.06 bits per heavy atom. The van der Waals surface area contributed by atoms with Crippen molar-refractivity contribution in [1.29, 1.82) is 0 Å². The molecule has 0 spiro atoms. The molecule has 2 unspecified atom stereocenters. The van der Waals surface area contributed by atoms with E-state index >= 15 is 0 Å². The van der Waals surface area contributed by atoms with Crippen molar-refractivity contribution in [2.24, 2.45) is 17.8 Å². The van der Waals surface area contributed by atoms with Crippen LogP contribution in [0.4, 0.5) is 0 Å². The van der Waals surface area contributed by atoms with Crippen molar-refractivity contribution in [3.05, 3.63) is 0 Å². The molecule has 2 atom stereocenters. The maximum Gasteiger partial charge on any atom is 0.226 e. The molecule has 1 saturated carbocycles. The molecule has 2 heterocycles. The van der Waals surface area contributed by atoms with E-state index in [4.69, 9.17) is 0 Å². The van der Waals surface area contributed by atoms with Crippen molar-refractivity contribution in [3.63, 3.8) is 0 Å². The second-order valence-electron chi connectivity index (χ2n) is 6.73. The zero-order valence-corrected chi connectivity index (χ0v) is 11.2. The van der Waals surface area contributed by atoms with E-state index in [1.165, 1.54) is 32.1 Å². The Morgan fingerprint density at radius 2 is 1.65 bits per heavy atom. The first kappa shape index (κ1) is 11.6. The molecule has 0 aromatic rings. The molecule has 1 amide bonds. The van der Waals surface area contributed by atoms with Gasteiger partial charge in [0.1, 0.15) is 0 Å². The molecular formula is C15H25NO. The highest BCUT2D eigenvalue weighted by Crippen LogP contribution is 2.43. The number of nitrogens with zero attached hydrogens (tertiary/aromatic N) is 1. The molecule has 0 aromatic carbocycles. The molecule has 2 bridgehead atoms. The average Bonchev–Trinajstić information content (AvgIpc) is 2.46. The zero-order chi connectivity index (χ0) is 12.0. The van der Waals surface area contributed by atoms with Crippen molar-refractivity contribution in [1.82, 2.24) is 4.90 Å². The summed E-state index contributed by atoms with van der Waals surface area (Å²) in [5, 5.41) is 0. The van der Waals surface area contributed by atoms with Crippen molar-refractivity contribution in [2.45, 2.75) is 70.9 Å². The van der Waals surface area contributed by atoms with Crippen LogP contribution >= 0.6 is 0 Å². The number of rotatable bonds is 2. The lowest BCUT2D eigenvalue weighted by Gasteiger charge is -2.43. The van der Waals surface area contributed by atoms with Gasteiger partial charge in [-0.1, -0.05) is 20.3 Å².